The lowest BCUT2D eigenvalue weighted by atomic mass is 10.2. The monoisotopic (exact) mass is 302 g/mol. The van der Waals surface area contributed by atoms with E-state index in [0.29, 0.717) is 17.1 Å². The Labute approximate surface area is 125 Å². The SMILES string of the molecule is CC(C)Nc1cccc(Oc2ncc(-c3ncon3)s2)c1. The standard InChI is InChI=1S/C14H14N4O2S/c1-9(2)17-10-4-3-5-11(6-10)20-14-15-7-12(21-14)13-16-8-19-18-13/h3-9,17H,1-2H3. The van der Waals surface area contributed by atoms with E-state index in [1.165, 1.54) is 17.7 Å². The zero-order valence-corrected chi connectivity index (χ0v) is 12.4. The summed E-state index contributed by atoms with van der Waals surface area (Å²) in [6, 6.07) is 8.13. The molecule has 2 aromatic heterocycles. The lowest BCUT2D eigenvalue weighted by Crippen LogP contribution is -2.09. The van der Waals surface area contributed by atoms with Crippen LogP contribution in [0.1, 0.15) is 13.8 Å². The highest BCUT2D eigenvalue weighted by atomic mass is 32.1. The smallest absolute Gasteiger partial charge is 0.279 e. The van der Waals surface area contributed by atoms with Crippen molar-refractivity contribution in [3.8, 4) is 21.6 Å². The van der Waals surface area contributed by atoms with Crippen LogP contribution in [-0.2, 0) is 0 Å². The first-order valence-electron chi connectivity index (χ1n) is 6.48. The fraction of sp³-hybridized carbons (Fsp3) is 0.214. The van der Waals surface area contributed by atoms with Gasteiger partial charge in [0.15, 0.2) is 0 Å². The average molecular weight is 302 g/mol. The van der Waals surface area contributed by atoms with E-state index < -0.39 is 0 Å². The Balaban J connectivity index is 1.75. The van der Waals surface area contributed by atoms with Crippen LogP contribution in [0.5, 0.6) is 10.9 Å². The van der Waals surface area contributed by atoms with E-state index in [1.54, 1.807) is 6.20 Å². The highest BCUT2D eigenvalue weighted by Gasteiger charge is 2.10. The van der Waals surface area contributed by atoms with Gasteiger partial charge in [-0.25, -0.2) is 4.98 Å². The molecule has 1 aromatic carbocycles. The lowest BCUT2D eigenvalue weighted by molar-refractivity contribution is 0.419. The minimum atomic E-state index is 0.366. The largest absolute Gasteiger partial charge is 0.431 e. The normalized spacial score (nSPS) is 10.8. The number of nitrogens with one attached hydrogen (secondary N) is 1. The highest BCUT2D eigenvalue weighted by Crippen LogP contribution is 2.32. The highest BCUT2D eigenvalue weighted by molar-refractivity contribution is 7.16. The molecule has 108 valence electrons. The number of thiazole rings is 1. The number of nitrogens with zero attached hydrogens (tertiary/aromatic N) is 3. The Morgan fingerprint density at radius 3 is 2.95 bits per heavy atom. The zero-order chi connectivity index (χ0) is 14.7. The third-order valence-electron chi connectivity index (χ3n) is 2.56. The van der Waals surface area contributed by atoms with Crippen molar-refractivity contribution in [1.82, 2.24) is 15.1 Å². The van der Waals surface area contributed by atoms with Crippen LogP contribution in [0.3, 0.4) is 0 Å². The van der Waals surface area contributed by atoms with E-state index in [9.17, 15) is 0 Å². The van der Waals surface area contributed by atoms with Crippen LogP contribution in [0, 0.1) is 0 Å². The van der Waals surface area contributed by atoms with Crippen LogP contribution < -0.4 is 10.1 Å². The Bertz CT molecular complexity index is 709. The maximum atomic E-state index is 5.76. The van der Waals surface area contributed by atoms with Crippen LogP contribution in [0.25, 0.3) is 10.7 Å². The van der Waals surface area contributed by atoms with E-state index in [4.69, 9.17) is 9.26 Å². The molecule has 21 heavy (non-hydrogen) atoms. The van der Waals surface area contributed by atoms with Gasteiger partial charge in [-0.3, -0.25) is 0 Å². The Kier molecular flexibility index (Phi) is 3.83. The van der Waals surface area contributed by atoms with Crippen LogP contribution in [0.4, 0.5) is 5.69 Å². The number of hydrogen-bond donors (Lipinski definition) is 1. The summed E-state index contributed by atoms with van der Waals surface area (Å²) in [5.41, 5.74) is 1.01. The summed E-state index contributed by atoms with van der Waals surface area (Å²) < 4.78 is 10.5. The van der Waals surface area contributed by atoms with Gasteiger partial charge in [0.2, 0.25) is 12.2 Å². The van der Waals surface area contributed by atoms with E-state index in [-0.39, 0.29) is 0 Å². The van der Waals surface area contributed by atoms with Crippen LogP contribution in [-0.4, -0.2) is 21.2 Å². The number of ether oxygens (including phenoxy) is 1. The summed E-state index contributed by atoms with van der Waals surface area (Å²) in [5, 5.41) is 7.64. The van der Waals surface area contributed by atoms with E-state index in [0.717, 1.165) is 16.3 Å². The van der Waals surface area contributed by atoms with Crippen LogP contribution in [0.2, 0.25) is 0 Å². The molecule has 0 aliphatic rings. The van der Waals surface area contributed by atoms with Gasteiger partial charge in [0.05, 0.1) is 11.1 Å². The van der Waals surface area contributed by atoms with Gasteiger partial charge in [-0.2, -0.15) is 4.98 Å². The van der Waals surface area contributed by atoms with E-state index >= 15 is 0 Å². The van der Waals surface area contributed by atoms with Crippen molar-refractivity contribution >= 4 is 17.0 Å². The zero-order valence-electron chi connectivity index (χ0n) is 11.6. The molecule has 3 aromatic rings. The Morgan fingerprint density at radius 1 is 1.29 bits per heavy atom. The van der Waals surface area contributed by atoms with Crippen LogP contribution >= 0.6 is 11.3 Å². The summed E-state index contributed by atoms with van der Waals surface area (Å²) >= 11 is 1.37. The second-order valence-corrected chi connectivity index (χ2v) is 5.67. The summed E-state index contributed by atoms with van der Waals surface area (Å²) in [6.45, 7) is 4.18. The molecule has 0 amide bonds. The van der Waals surface area contributed by atoms with Crippen molar-refractivity contribution in [2.45, 2.75) is 19.9 Å². The molecule has 0 aliphatic heterocycles. The molecule has 3 rings (SSSR count). The summed E-state index contributed by atoms with van der Waals surface area (Å²) in [6.07, 6.45) is 2.96. The number of hydrogen-bond acceptors (Lipinski definition) is 7. The molecule has 0 bridgehead atoms. The van der Waals surface area contributed by atoms with Gasteiger partial charge in [-0.05, 0) is 26.0 Å². The molecular weight excluding hydrogens is 288 g/mol. The first-order chi connectivity index (χ1) is 10.2. The quantitative estimate of drug-likeness (QED) is 0.772. The van der Waals surface area contributed by atoms with E-state index in [1.807, 2.05) is 24.3 Å². The van der Waals surface area contributed by atoms with Crippen molar-refractivity contribution in [2.24, 2.45) is 0 Å². The summed E-state index contributed by atoms with van der Waals surface area (Å²) in [5.74, 6) is 1.24. The predicted molar refractivity (Wildman–Crippen MR) is 80.7 cm³/mol. The molecule has 2 heterocycles. The topological polar surface area (TPSA) is 73.1 Å². The summed E-state index contributed by atoms with van der Waals surface area (Å²) in [4.78, 5) is 8.99. The first-order valence-corrected chi connectivity index (χ1v) is 7.29. The molecule has 6 nitrogen and oxygen atoms in total. The molecular formula is C14H14N4O2S. The third-order valence-corrected chi connectivity index (χ3v) is 3.43. The second kappa shape index (κ2) is 5.92. The number of benzene rings is 1. The number of aromatic nitrogens is 3. The average Bonchev–Trinajstić information content (AvgIpc) is 3.08. The van der Waals surface area contributed by atoms with Gasteiger partial charge in [-0.15, -0.1) is 0 Å². The van der Waals surface area contributed by atoms with Gasteiger partial charge in [-0.1, -0.05) is 22.6 Å². The molecule has 0 aliphatic carbocycles. The third kappa shape index (κ3) is 3.38. The van der Waals surface area contributed by atoms with Crippen LogP contribution in [0.15, 0.2) is 41.4 Å². The fourth-order valence-corrected chi connectivity index (χ4v) is 2.49. The second-order valence-electron chi connectivity index (χ2n) is 4.67. The van der Waals surface area contributed by atoms with Gasteiger partial charge < -0.3 is 14.6 Å². The molecule has 0 radical (unpaired) electrons. The van der Waals surface area contributed by atoms with Crippen molar-refractivity contribution in [3.63, 3.8) is 0 Å². The Morgan fingerprint density at radius 2 is 2.19 bits per heavy atom. The molecule has 0 unspecified atom stereocenters. The van der Waals surface area contributed by atoms with Crippen molar-refractivity contribution in [2.75, 3.05) is 5.32 Å². The van der Waals surface area contributed by atoms with Gasteiger partial charge >= 0.3 is 0 Å². The molecule has 1 N–H and O–H groups in total. The molecule has 0 atom stereocenters. The molecule has 0 fully saturated rings. The van der Waals surface area contributed by atoms with Gasteiger partial charge in [0.25, 0.3) is 5.19 Å². The number of anilines is 1. The minimum absolute atomic E-state index is 0.366. The maximum Gasteiger partial charge on any atom is 0.279 e. The van der Waals surface area contributed by atoms with Crippen molar-refractivity contribution in [3.05, 3.63) is 36.9 Å². The van der Waals surface area contributed by atoms with Gasteiger partial charge in [0.1, 0.15) is 5.75 Å². The molecule has 7 heteroatoms. The van der Waals surface area contributed by atoms with Gasteiger partial charge in [0, 0.05) is 17.8 Å². The Hall–Kier alpha value is -2.41. The number of rotatable bonds is 5. The first kappa shape index (κ1) is 13.6. The molecule has 0 saturated carbocycles. The summed E-state index contributed by atoms with van der Waals surface area (Å²) in [7, 11) is 0. The lowest BCUT2D eigenvalue weighted by Gasteiger charge is -2.10. The van der Waals surface area contributed by atoms with Crippen molar-refractivity contribution < 1.29 is 9.26 Å². The van der Waals surface area contributed by atoms with Crippen molar-refractivity contribution in [1.29, 1.82) is 0 Å². The molecule has 0 spiro atoms. The fourth-order valence-electron chi connectivity index (χ4n) is 1.77. The predicted octanol–water partition coefficient (Wildman–Crippen LogP) is 3.81. The van der Waals surface area contributed by atoms with E-state index in [2.05, 4.69) is 34.3 Å². The molecule has 0 saturated heterocycles. The minimum Gasteiger partial charge on any atom is -0.431 e. The maximum absolute atomic E-state index is 5.76.